The van der Waals surface area contributed by atoms with Gasteiger partial charge in [0.15, 0.2) is 0 Å². The van der Waals surface area contributed by atoms with Crippen molar-refractivity contribution in [2.75, 3.05) is 11.9 Å². The smallest absolute Gasteiger partial charge is 0.140 e. The Bertz CT molecular complexity index is 580. The number of hydrogen-bond donors (Lipinski definition) is 1. The third-order valence-electron chi connectivity index (χ3n) is 3.56. The Hall–Kier alpha value is -1.35. The molecule has 3 rings (SSSR count). The first-order chi connectivity index (χ1) is 8.75. The summed E-state index contributed by atoms with van der Waals surface area (Å²) in [6, 6.07) is 10.7. The highest BCUT2D eigenvalue weighted by atomic mass is 79.9. The van der Waals surface area contributed by atoms with Crippen LogP contribution in [0.2, 0.25) is 0 Å². The zero-order chi connectivity index (χ0) is 12.5. The van der Waals surface area contributed by atoms with Crippen molar-refractivity contribution in [3.05, 3.63) is 57.7 Å². The molecule has 18 heavy (non-hydrogen) atoms. The van der Waals surface area contributed by atoms with Gasteiger partial charge in [0.05, 0.1) is 4.47 Å². The van der Waals surface area contributed by atoms with Crippen LogP contribution in [0.1, 0.15) is 22.6 Å². The van der Waals surface area contributed by atoms with Gasteiger partial charge in [-0.2, -0.15) is 0 Å². The molecule has 1 heterocycles. The fourth-order valence-corrected chi connectivity index (χ4v) is 2.80. The van der Waals surface area contributed by atoms with Crippen LogP contribution in [0.25, 0.3) is 0 Å². The Balaban J connectivity index is 1.69. The van der Waals surface area contributed by atoms with Crippen molar-refractivity contribution in [3.63, 3.8) is 0 Å². The van der Waals surface area contributed by atoms with Gasteiger partial charge in [-0.15, -0.1) is 0 Å². The minimum absolute atomic E-state index is 0.621. The molecule has 1 aliphatic rings. The zero-order valence-electron chi connectivity index (χ0n) is 10.3. The third kappa shape index (κ3) is 2.03. The average Bonchev–Trinajstić information content (AvgIpc) is 2.35. The van der Waals surface area contributed by atoms with Crippen LogP contribution < -0.4 is 5.32 Å². The van der Waals surface area contributed by atoms with E-state index in [4.69, 9.17) is 0 Å². The summed E-state index contributed by atoms with van der Waals surface area (Å²) in [5.74, 6) is 1.56. The molecule has 0 spiro atoms. The minimum atomic E-state index is 0.621. The highest BCUT2D eigenvalue weighted by molar-refractivity contribution is 9.10. The molecular weight excluding hydrogens is 288 g/mol. The van der Waals surface area contributed by atoms with Crippen LogP contribution in [-0.2, 0) is 6.42 Å². The van der Waals surface area contributed by atoms with E-state index < -0.39 is 0 Å². The van der Waals surface area contributed by atoms with E-state index in [1.807, 2.05) is 12.3 Å². The number of benzene rings is 1. The monoisotopic (exact) mass is 302 g/mol. The molecule has 1 N–H and O–H groups in total. The molecule has 1 aliphatic carbocycles. The third-order valence-corrected chi connectivity index (χ3v) is 4.56. The van der Waals surface area contributed by atoms with Crippen molar-refractivity contribution in [2.45, 2.75) is 19.3 Å². The molecule has 0 aliphatic heterocycles. The van der Waals surface area contributed by atoms with E-state index in [-0.39, 0.29) is 0 Å². The van der Waals surface area contributed by atoms with E-state index in [9.17, 15) is 0 Å². The Labute approximate surface area is 116 Å². The normalized spacial score (nSPS) is 16.9. The van der Waals surface area contributed by atoms with E-state index in [0.29, 0.717) is 5.92 Å². The van der Waals surface area contributed by atoms with Crippen molar-refractivity contribution < 1.29 is 0 Å². The standard InChI is InChI=1S/C15H15BrN2/c1-10-6-7-17-15(14(10)16)18-9-12-8-11-4-2-3-5-13(11)12/h2-7,12H,8-9H2,1H3,(H,17,18). The van der Waals surface area contributed by atoms with Gasteiger partial charge in [-0.1, -0.05) is 24.3 Å². The second-order valence-corrected chi connectivity index (χ2v) is 5.56. The molecule has 0 saturated carbocycles. The maximum Gasteiger partial charge on any atom is 0.140 e. The van der Waals surface area contributed by atoms with Crippen LogP contribution >= 0.6 is 15.9 Å². The first-order valence-corrected chi connectivity index (χ1v) is 6.98. The predicted molar refractivity (Wildman–Crippen MR) is 78.1 cm³/mol. The predicted octanol–water partition coefficient (Wildman–Crippen LogP) is 3.90. The zero-order valence-corrected chi connectivity index (χ0v) is 11.9. The van der Waals surface area contributed by atoms with Crippen LogP contribution in [0, 0.1) is 6.92 Å². The van der Waals surface area contributed by atoms with Gasteiger partial charge >= 0.3 is 0 Å². The molecule has 0 amide bonds. The van der Waals surface area contributed by atoms with Gasteiger partial charge in [-0.25, -0.2) is 4.98 Å². The number of hydrogen-bond acceptors (Lipinski definition) is 2. The summed E-state index contributed by atoms with van der Waals surface area (Å²) in [7, 11) is 0. The summed E-state index contributed by atoms with van der Waals surface area (Å²) in [6.45, 7) is 3.03. The summed E-state index contributed by atoms with van der Waals surface area (Å²) in [5.41, 5.74) is 4.18. The van der Waals surface area contributed by atoms with Crippen molar-refractivity contribution >= 4 is 21.7 Å². The number of nitrogens with zero attached hydrogens (tertiary/aromatic N) is 1. The second-order valence-electron chi connectivity index (χ2n) is 4.77. The Kier molecular flexibility index (Phi) is 3.08. The summed E-state index contributed by atoms with van der Waals surface area (Å²) >= 11 is 3.58. The van der Waals surface area contributed by atoms with E-state index in [1.54, 1.807) is 0 Å². The average molecular weight is 303 g/mol. The molecule has 92 valence electrons. The van der Waals surface area contributed by atoms with E-state index in [1.165, 1.54) is 23.1 Å². The molecule has 2 aromatic rings. The van der Waals surface area contributed by atoms with Gasteiger partial charge in [0.2, 0.25) is 0 Å². The number of nitrogens with one attached hydrogen (secondary N) is 1. The summed E-state index contributed by atoms with van der Waals surface area (Å²) in [6.07, 6.45) is 3.02. The summed E-state index contributed by atoms with van der Waals surface area (Å²) < 4.78 is 1.07. The number of pyridine rings is 1. The van der Waals surface area contributed by atoms with E-state index in [2.05, 4.69) is 57.4 Å². The molecule has 0 fully saturated rings. The largest absolute Gasteiger partial charge is 0.369 e. The highest BCUT2D eigenvalue weighted by Gasteiger charge is 2.25. The van der Waals surface area contributed by atoms with Crippen LogP contribution in [0.15, 0.2) is 41.0 Å². The topological polar surface area (TPSA) is 24.9 Å². The van der Waals surface area contributed by atoms with Crippen LogP contribution in [-0.4, -0.2) is 11.5 Å². The van der Waals surface area contributed by atoms with Crippen molar-refractivity contribution in [1.82, 2.24) is 4.98 Å². The second kappa shape index (κ2) is 4.73. The number of anilines is 1. The molecule has 1 aromatic carbocycles. The fraction of sp³-hybridized carbons (Fsp3) is 0.267. The number of halogens is 1. The first kappa shape index (κ1) is 11.7. The van der Waals surface area contributed by atoms with Gasteiger partial charge in [0.1, 0.15) is 5.82 Å². The maximum absolute atomic E-state index is 4.37. The molecule has 2 nitrogen and oxygen atoms in total. The minimum Gasteiger partial charge on any atom is -0.369 e. The van der Waals surface area contributed by atoms with Crippen molar-refractivity contribution in [2.24, 2.45) is 0 Å². The number of fused-ring (bicyclic) bond motifs is 1. The number of aryl methyl sites for hydroxylation is 1. The van der Waals surface area contributed by atoms with Gasteiger partial charge in [0, 0.05) is 18.7 Å². The Morgan fingerprint density at radius 1 is 1.33 bits per heavy atom. The lowest BCUT2D eigenvalue weighted by Crippen LogP contribution is -2.24. The molecule has 0 radical (unpaired) electrons. The van der Waals surface area contributed by atoms with Gasteiger partial charge in [-0.05, 0) is 52.0 Å². The lowest BCUT2D eigenvalue weighted by Gasteiger charge is -2.30. The summed E-state index contributed by atoms with van der Waals surface area (Å²) in [4.78, 5) is 4.37. The van der Waals surface area contributed by atoms with Gasteiger partial charge in [-0.3, -0.25) is 0 Å². The Morgan fingerprint density at radius 3 is 3.00 bits per heavy atom. The van der Waals surface area contributed by atoms with Crippen molar-refractivity contribution in [3.8, 4) is 0 Å². The maximum atomic E-state index is 4.37. The van der Waals surface area contributed by atoms with Gasteiger partial charge < -0.3 is 5.32 Å². The molecule has 1 aromatic heterocycles. The van der Waals surface area contributed by atoms with Crippen molar-refractivity contribution in [1.29, 1.82) is 0 Å². The highest BCUT2D eigenvalue weighted by Crippen LogP contribution is 2.35. The quantitative estimate of drug-likeness (QED) is 0.930. The molecule has 1 atom stereocenters. The van der Waals surface area contributed by atoms with E-state index >= 15 is 0 Å². The molecule has 3 heteroatoms. The SMILES string of the molecule is Cc1ccnc(NCC2Cc3ccccc32)c1Br. The molecule has 0 saturated heterocycles. The fourth-order valence-electron chi connectivity index (χ4n) is 2.43. The molecule has 0 bridgehead atoms. The summed E-state index contributed by atoms with van der Waals surface area (Å²) in [5, 5.41) is 3.44. The molecule has 1 unspecified atom stereocenters. The van der Waals surface area contributed by atoms with Crippen LogP contribution in [0.5, 0.6) is 0 Å². The lowest BCUT2D eigenvalue weighted by molar-refractivity contribution is 0.634. The van der Waals surface area contributed by atoms with Crippen LogP contribution in [0.4, 0.5) is 5.82 Å². The number of aromatic nitrogens is 1. The number of rotatable bonds is 3. The lowest BCUT2D eigenvalue weighted by atomic mass is 9.77. The van der Waals surface area contributed by atoms with Gasteiger partial charge in [0.25, 0.3) is 0 Å². The first-order valence-electron chi connectivity index (χ1n) is 6.18. The van der Waals surface area contributed by atoms with Crippen LogP contribution in [0.3, 0.4) is 0 Å². The van der Waals surface area contributed by atoms with E-state index in [0.717, 1.165) is 16.8 Å². The Morgan fingerprint density at radius 2 is 2.17 bits per heavy atom. The molecular formula is C15H15BrN2.